The minimum absolute atomic E-state index is 0.192. The highest BCUT2D eigenvalue weighted by molar-refractivity contribution is 5.85. The number of rotatable bonds is 17. The average molecular weight is 893 g/mol. The van der Waals surface area contributed by atoms with Crippen molar-refractivity contribution in [3.63, 3.8) is 0 Å². The lowest BCUT2D eigenvalue weighted by molar-refractivity contribution is -0.136. The van der Waals surface area contributed by atoms with Gasteiger partial charge < -0.3 is 35.6 Å². The monoisotopic (exact) mass is 893 g/mol. The Hall–Kier alpha value is -6.87. The number of imidazole rings is 1. The number of aryl methyl sites for hydroxylation is 2. The summed E-state index contributed by atoms with van der Waals surface area (Å²) in [7, 11) is 1.00. The molecule has 14 heteroatoms. The Morgan fingerprint density at radius 2 is 1.35 bits per heavy atom. The first-order chi connectivity index (χ1) is 31.4. The molecule has 14 nitrogen and oxygen atoms in total. The first-order valence-electron chi connectivity index (χ1n) is 21.8. The molecule has 0 unspecified atom stereocenters. The number of nitrogens with one attached hydrogen (secondary N) is 3. The Labute approximate surface area is 387 Å². The molecular weight excluding hydrogens is 821 g/mol. The number of terminal acetylenes is 2. The minimum atomic E-state index is -1.23. The van der Waals surface area contributed by atoms with Crippen LogP contribution in [0.25, 0.3) is 39.0 Å². The molecule has 1 aliphatic rings. The molecule has 0 spiro atoms. The summed E-state index contributed by atoms with van der Waals surface area (Å²) in [6.07, 6.45) is 23.0. The second-order valence-corrected chi connectivity index (χ2v) is 14.6. The molecule has 0 bridgehead atoms. The quantitative estimate of drug-likeness (QED) is 0.0200. The number of nitrogens with two attached hydrogens (primary N) is 1. The molecule has 7 N–H and O–H groups in total. The number of amides is 4. The summed E-state index contributed by atoms with van der Waals surface area (Å²) >= 11 is 0. The topological polar surface area (TPSA) is 197 Å². The highest BCUT2D eigenvalue weighted by Gasteiger charge is 2.21. The summed E-state index contributed by atoms with van der Waals surface area (Å²) < 4.78 is 0. The lowest BCUT2D eigenvalue weighted by atomic mass is 9.83. The number of allylic oxidation sites excluding steroid dienone is 1. The number of fused-ring (bicyclic) bond motifs is 4. The van der Waals surface area contributed by atoms with Gasteiger partial charge in [0.15, 0.2) is 0 Å². The maximum atomic E-state index is 12.7. The molecule has 4 aromatic rings. The van der Waals surface area contributed by atoms with Crippen LogP contribution in [-0.2, 0) is 33.8 Å². The number of hydrogen-bond donors (Lipinski definition) is 6. The van der Waals surface area contributed by atoms with Crippen molar-refractivity contribution in [2.75, 3.05) is 39.8 Å². The molecule has 4 amide bonds. The molecule has 1 aromatic heterocycles. The number of hydrogen-bond acceptors (Lipinski definition) is 8. The predicted octanol–water partition coefficient (Wildman–Crippen LogP) is 7.98. The van der Waals surface area contributed by atoms with Gasteiger partial charge in [0.2, 0.25) is 18.2 Å². The first-order valence-corrected chi connectivity index (χ1v) is 21.8. The zero-order valence-corrected chi connectivity index (χ0v) is 39.7. The van der Waals surface area contributed by atoms with E-state index in [2.05, 4.69) is 124 Å². The third kappa shape index (κ3) is 18.8. The number of aromatic amines is 1. The number of H-pyrrole nitrogens is 1. The zero-order valence-electron chi connectivity index (χ0n) is 39.7. The molecule has 3 aromatic carbocycles. The van der Waals surface area contributed by atoms with E-state index in [4.69, 9.17) is 21.0 Å². The average Bonchev–Trinajstić information content (AvgIpc) is 3.73. The van der Waals surface area contributed by atoms with E-state index in [1.807, 2.05) is 32.9 Å². The second kappa shape index (κ2) is 32.8. The number of aromatic nitrogens is 2. The molecule has 5 rings (SSSR count). The van der Waals surface area contributed by atoms with E-state index in [0.29, 0.717) is 31.0 Å². The number of aliphatic hydroxyl groups excluding tert-OH is 1. The van der Waals surface area contributed by atoms with Crippen LogP contribution in [0.4, 0.5) is 4.79 Å². The van der Waals surface area contributed by atoms with Gasteiger partial charge in [0, 0.05) is 31.6 Å². The Morgan fingerprint density at radius 1 is 0.815 bits per heavy atom. The molecule has 0 saturated carbocycles. The van der Waals surface area contributed by atoms with E-state index < -0.39 is 6.09 Å². The van der Waals surface area contributed by atoms with Crippen LogP contribution < -0.4 is 16.5 Å². The molecule has 1 aliphatic carbocycles. The summed E-state index contributed by atoms with van der Waals surface area (Å²) in [5.74, 6) is 5.66. The van der Waals surface area contributed by atoms with Crippen LogP contribution in [0.5, 0.6) is 0 Å². The van der Waals surface area contributed by atoms with Crippen molar-refractivity contribution in [2.24, 2.45) is 5.84 Å². The van der Waals surface area contributed by atoms with Crippen LogP contribution in [0.2, 0.25) is 0 Å². The third-order valence-electron chi connectivity index (χ3n) is 9.20. The van der Waals surface area contributed by atoms with Crippen LogP contribution in [0.1, 0.15) is 96.7 Å². The van der Waals surface area contributed by atoms with Crippen LogP contribution in [0, 0.1) is 25.7 Å². The highest BCUT2D eigenvalue weighted by atomic mass is 16.4. The van der Waals surface area contributed by atoms with Gasteiger partial charge in [0.25, 0.3) is 0 Å². The van der Waals surface area contributed by atoms with Gasteiger partial charge in [-0.3, -0.25) is 19.4 Å². The molecule has 0 aliphatic heterocycles. The Bertz CT molecular complexity index is 2170. The van der Waals surface area contributed by atoms with Crippen molar-refractivity contribution in [3.05, 3.63) is 95.5 Å². The Kier molecular flexibility index (Phi) is 29.3. The van der Waals surface area contributed by atoms with Gasteiger partial charge >= 0.3 is 6.09 Å². The van der Waals surface area contributed by atoms with E-state index in [1.54, 1.807) is 9.80 Å². The molecule has 0 atom stereocenters. The van der Waals surface area contributed by atoms with Gasteiger partial charge in [-0.15, -0.1) is 25.7 Å². The highest BCUT2D eigenvalue weighted by Crippen LogP contribution is 2.37. The smallest absolute Gasteiger partial charge is 0.405 e. The molecule has 65 heavy (non-hydrogen) atoms. The van der Waals surface area contributed by atoms with Crippen LogP contribution in [0.3, 0.4) is 0 Å². The molecule has 1 heterocycles. The number of nitrogens with zero attached hydrogens (tertiary/aromatic N) is 4. The predicted molar refractivity (Wildman–Crippen MR) is 266 cm³/mol. The van der Waals surface area contributed by atoms with Gasteiger partial charge in [-0.1, -0.05) is 103 Å². The van der Waals surface area contributed by atoms with Gasteiger partial charge in [-0.2, -0.15) is 0 Å². The summed E-state index contributed by atoms with van der Waals surface area (Å²) in [5.41, 5.74) is 11.3. The molecule has 0 radical (unpaired) electrons. The van der Waals surface area contributed by atoms with Crippen molar-refractivity contribution >= 4 is 41.0 Å². The molecule has 0 fully saturated rings. The number of aliphatic hydroxyl groups is 1. The van der Waals surface area contributed by atoms with E-state index in [0.717, 1.165) is 71.2 Å². The maximum absolute atomic E-state index is 12.7. The number of hydrazine groups is 1. The maximum Gasteiger partial charge on any atom is 0.405 e. The number of carboxylic acid groups (broad SMARTS) is 1. The fraction of sp³-hybridized carbons (Fsp3) is 0.392. The van der Waals surface area contributed by atoms with E-state index in [9.17, 15) is 19.2 Å². The largest absolute Gasteiger partial charge is 0.465 e. The van der Waals surface area contributed by atoms with Crippen molar-refractivity contribution in [3.8, 4) is 47.9 Å². The second-order valence-electron chi connectivity index (χ2n) is 14.6. The zero-order chi connectivity index (χ0) is 49.5. The Morgan fingerprint density at radius 3 is 1.91 bits per heavy atom. The number of carbonyl (C=O) groups excluding carboxylic acids is 3. The fourth-order valence-electron chi connectivity index (χ4n) is 6.69. The first kappa shape index (κ1) is 58.1. The van der Waals surface area contributed by atoms with Gasteiger partial charge in [0.05, 0.1) is 24.1 Å². The lowest BCUT2D eigenvalue weighted by Crippen LogP contribution is -2.42. The van der Waals surface area contributed by atoms with E-state index in [1.165, 1.54) is 35.1 Å². The summed E-state index contributed by atoms with van der Waals surface area (Å²) in [4.78, 5) is 58.5. The van der Waals surface area contributed by atoms with Gasteiger partial charge in [-0.25, -0.2) is 15.6 Å². The van der Waals surface area contributed by atoms with Crippen LogP contribution in [-0.4, -0.2) is 99.1 Å². The van der Waals surface area contributed by atoms with Crippen molar-refractivity contribution in [1.29, 1.82) is 0 Å². The Balaban J connectivity index is 0.00000311. The lowest BCUT2D eigenvalue weighted by Gasteiger charge is -2.25. The SMILES string of the molecule is C#C.C#C.C=C(CN(CCC)C(=O)CNC(=O)O)N/C(=C\C)c1ccc2c(c1)CCc1cc(-c3ccc4nc(CN(CCC)C(=O)CN(N)C=O)[nH]c4c3)ccc1-2.CCC.CCC.CO. The summed E-state index contributed by atoms with van der Waals surface area (Å²) in [6.45, 7) is 19.6. The van der Waals surface area contributed by atoms with Gasteiger partial charge in [-0.05, 0) is 89.8 Å². The third-order valence-corrected chi connectivity index (χ3v) is 9.20. The van der Waals surface area contributed by atoms with Crippen LogP contribution in [0.15, 0.2) is 72.9 Å². The van der Waals surface area contributed by atoms with Crippen LogP contribution >= 0.6 is 0 Å². The molecule has 0 saturated heterocycles. The molecule has 352 valence electrons. The normalized spacial score (nSPS) is 10.5. The van der Waals surface area contributed by atoms with E-state index >= 15 is 0 Å². The van der Waals surface area contributed by atoms with Crippen molar-refractivity contribution in [1.82, 2.24) is 35.4 Å². The van der Waals surface area contributed by atoms with Crippen molar-refractivity contribution < 1.29 is 29.4 Å². The van der Waals surface area contributed by atoms with Gasteiger partial charge in [0.1, 0.15) is 18.9 Å². The summed E-state index contributed by atoms with van der Waals surface area (Å²) in [6, 6.07) is 19.2. The summed E-state index contributed by atoms with van der Waals surface area (Å²) in [5, 5.41) is 22.3. The number of carbonyl (C=O) groups is 4. The minimum Gasteiger partial charge on any atom is -0.465 e. The molecular formula is C51H72N8O6. The number of benzene rings is 3. The fourth-order valence-corrected chi connectivity index (χ4v) is 6.69. The van der Waals surface area contributed by atoms with Crippen molar-refractivity contribution in [2.45, 2.75) is 93.5 Å². The van der Waals surface area contributed by atoms with E-state index in [-0.39, 0.29) is 38.0 Å². The standard InChI is InChI=1S/C40H48N8O5.2C3H8.2C2H2.CH4O/c1-5-16-46(38(50)21-42-40(52)53)22-26(4)43-34(7-3)31-11-14-33-30(19-31)9-8-29-18-27(10-13-32(29)33)28-12-15-35-36(20-28)45-37(44-35)23-47(17-6-2)39(51)24-48(41)25-49;2*1-3-2;3*1-2/h7,10-15,18-20,25,42-43H,4-6,8-9,16-17,21-24,41H2,1-3H3,(H,44,45)(H,52,53);2*3H2,1-2H3;2*1-2H;2H,1H3/b34-7-;;;;;.